The van der Waals surface area contributed by atoms with Crippen molar-refractivity contribution in [3.05, 3.63) is 68.4 Å². The van der Waals surface area contributed by atoms with Crippen LogP contribution in [0.1, 0.15) is 16.1 Å². The molecule has 5 nitrogen and oxygen atoms in total. The number of halogens is 1. The molecule has 1 aromatic carbocycles. The maximum absolute atomic E-state index is 11.7. The average Bonchev–Trinajstić information content (AvgIpc) is 2.86. The summed E-state index contributed by atoms with van der Waals surface area (Å²) in [6.45, 7) is 0. The maximum atomic E-state index is 11.7. The average molecular weight is 322 g/mol. The number of nitro groups is 1. The van der Waals surface area contributed by atoms with Crippen LogP contribution < -0.4 is 0 Å². The van der Waals surface area contributed by atoms with E-state index in [1.54, 1.807) is 6.08 Å². The Balaban J connectivity index is 2.14. The van der Waals surface area contributed by atoms with E-state index in [0.717, 1.165) is 16.1 Å². The van der Waals surface area contributed by atoms with E-state index in [4.69, 9.17) is 4.42 Å². The van der Waals surface area contributed by atoms with Crippen LogP contribution in [0.4, 0.5) is 5.88 Å². The number of allylic oxidation sites excluding steroid dienone is 1. The number of ketones is 1. The molecule has 1 aromatic heterocycles. The summed E-state index contributed by atoms with van der Waals surface area (Å²) in [6.07, 6.45) is 2.92. The lowest BCUT2D eigenvalue weighted by Gasteiger charge is -1.93. The Morgan fingerprint density at radius 2 is 2.11 bits per heavy atom. The summed E-state index contributed by atoms with van der Waals surface area (Å²) in [5.41, 5.74) is 0.837. The Morgan fingerprint density at radius 1 is 1.32 bits per heavy atom. The van der Waals surface area contributed by atoms with Crippen molar-refractivity contribution in [1.82, 2.24) is 0 Å². The lowest BCUT2D eigenvalue weighted by molar-refractivity contribution is -0.402. The lowest BCUT2D eigenvalue weighted by atomic mass is 10.2. The molecular weight excluding hydrogens is 314 g/mol. The van der Waals surface area contributed by atoms with Crippen LogP contribution in [0.15, 0.2) is 51.4 Å². The molecule has 0 unspecified atom stereocenters. The van der Waals surface area contributed by atoms with Crippen molar-refractivity contribution < 1.29 is 14.1 Å². The zero-order valence-electron chi connectivity index (χ0n) is 9.58. The summed E-state index contributed by atoms with van der Waals surface area (Å²) in [4.78, 5) is 21.5. The van der Waals surface area contributed by atoms with Gasteiger partial charge in [0.1, 0.15) is 4.92 Å². The zero-order valence-corrected chi connectivity index (χ0v) is 11.2. The Labute approximate surface area is 116 Å². The second-order valence-corrected chi connectivity index (χ2v) is 4.56. The van der Waals surface area contributed by atoms with Crippen LogP contribution in [0.25, 0.3) is 6.08 Å². The summed E-state index contributed by atoms with van der Waals surface area (Å²) >= 11 is 3.32. The van der Waals surface area contributed by atoms with Crippen LogP contribution >= 0.6 is 15.9 Å². The van der Waals surface area contributed by atoms with E-state index in [2.05, 4.69) is 15.9 Å². The highest BCUT2D eigenvalue weighted by Gasteiger charge is 2.15. The molecule has 6 heteroatoms. The second kappa shape index (κ2) is 5.62. The van der Waals surface area contributed by atoms with Gasteiger partial charge in [0, 0.05) is 4.47 Å². The molecule has 2 aromatic rings. The Bertz CT molecular complexity index is 660. The SMILES string of the molecule is O=C(C=Cc1cccc(Br)c1)c1ccc([N+](=O)[O-])o1. The molecule has 2 rings (SSSR count). The largest absolute Gasteiger partial charge is 0.433 e. The monoisotopic (exact) mass is 321 g/mol. The van der Waals surface area contributed by atoms with Gasteiger partial charge in [0.25, 0.3) is 0 Å². The van der Waals surface area contributed by atoms with E-state index in [1.165, 1.54) is 12.1 Å². The minimum absolute atomic E-state index is 0.0575. The van der Waals surface area contributed by atoms with Crippen LogP contribution in [-0.4, -0.2) is 10.7 Å². The van der Waals surface area contributed by atoms with Gasteiger partial charge in [0.05, 0.1) is 6.07 Å². The summed E-state index contributed by atoms with van der Waals surface area (Å²) in [5.74, 6) is -0.926. The summed E-state index contributed by atoms with van der Waals surface area (Å²) in [7, 11) is 0. The molecule has 0 N–H and O–H groups in total. The number of nitrogens with zero attached hydrogens (tertiary/aromatic N) is 1. The highest BCUT2D eigenvalue weighted by atomic mass is 79.9. The molecule has 0 aliphatic rings. The van der Waals surface area contributed by atoms with Crippen molar-refractivity contribution in [2.75, 3.05) is 0 Å². The quantitative estimate of drug-likeness (QED) is 0.371. The standard InChI is InChI=1S/C13H8BrNO4/c14-10-3-1-2-9(8-10)4-5-11(16)12-6-7-13(19-12)15(17)18/h1-8H. The molecule has 0 saturated heterocycles. The number of benzene rings is 1. The van der Waals surface area contributed by atoms with Crippen molar-refractivity contribution in [2.24, 2.45) is 0 Å². The number of rotatable bonds is 4. The summed E-state index contributed by atoms with van der Waals surface area (Å²) in [5, 5.41) is 10.4. The fourth-order valence-corrected chi connectivity index (χ4v) is 1.84. The zero-order chi connectivity index (χ0) is 13.8. The molecule has 0 fully saturated rings. The van der Waals surface area contributed by atoms with E-state index < -0.39 is 16.6 Å². The van der Waals surface area contributed by atoms with Gasteiger partial charge < -0.3 is 4.42 Å². The minimum Gasteiger partial charge on any atom is -0.397 e. The minimum atomic E-state index is -0.686. The first-order valence-corrected chi connectivity index (χ1v) is 6.08. The maximum Gasteiger partial charge on any atom is 0.433 e. The first-order valence-electron chi connectivity index (χ1n) is 5.28. The number of furan rings is 1. The predicted molar refractivity (Wildman–Crippen MR) is 72.9 cm³/mol. The third-order valence-electron chi connectivity index (χ3n) is 2.29. The van der Waals surface area contributed by atoms with Gasteiger partial charge in [-0.1, -0.05) is 34.1 Å². The number of hydrogen-bond donors (Lipinski definition) is 0. The van der Waals surface area contributed by atoms with Crippen molar-refractivity contribution in [2.45, 2.75) is 0 Å². The van der Waals surface area contributed by atoms with Gasteiger partial charge in [-0.15, -0.1) is 0 Å². The third kappa shape index (κ3) is 3.38. The van der Waals surface area contributed by atoms with Crippen LogP contribution in [0.3, 0.4) is 0 Å². The normalized spacial score (nSPS) is 10.8. The van der Waals surface area contributed by atoms with Gasteiger partial charge in [-0.25, -0.2) is 0 Å². The molecule has 0 saturated carbocycles. The van der Waals surface area contributed by atoms with E-state index in [-0.39, 0.29) is 5.76 Å². The fraction of sp³-hybridized carbons (Fsp3) is 0. The molecule has 0 aliphatic heterocycles. The number of hydrogen-bond acceptors (Lipinski definition) is 4. The van der Waals surface area contributed by atoms with Crippen molar-refractivity contribution in [1.29, 1.82) is 0 Å². The molecule has 19 heavy (non-hydrogen) atoms. The van der Waals surface area contributed by atoms with Gasteiger partial charge in [-0.05, 0) is 29.8 Å². The number of carbonyl (C=O) groups is 1. The third-order valence-corrected chi connectivity index (χ3v) is 2.78. The van der Waals surface area contributed by atoms with E-state index >= 15 is 0 Å². The molecule has 0 aliphatic carbocycles. The van der Waals surface area contributed by atoms with Gasteiger partial charge in [-0.2, -0.15) is 0 Å². The molecule has 0 bridgehead atoms. The van der Waals surface area contributed by atoms with Gasteiger partial charge >= 0.3 is 5.88 Å². The van der Waals surface area contributed by atoms with Crippen LogP contribution in [0, 0.1) is 10.1 Å². The lowest BCUT2D eigenvalue weighted by Crippen LogP contribution is -1.91. The molecule has 0 atom stereocenters. The topological polar surface area (TPSA) is 73.3 Å². The smallest absolute Gasteiger partial charge is 0.397 e. The fourth-order valence-electron chi connectivity index (χ4n) is 1.42. The van der Waals surface area contributed by atoms with E-state index in [9.17, 15) is 14.9 Å². The highest BCUT2D eigenvalue weighted by Crippen LogP contribution is 2.17. The summed E-state index contributed by atoms with van der Waals surface area (Å²) < 4.78 is 5.71. The van der Waals surface area contributed by atoms with E-state index in [0.29, 0.717) is 0 Å². The molecule has 0 spiro atoms. The highest BCUT2D eigenvalue weighted by molar-refractivity contribution is 9.10. The number of carbonyl (C=O) groups excluding carboxylic acids is 1. The van der Waals surface area contributed by atoms with Crippen LogP contribution in [-0.2, 0) is 0 Å². The predicted octanol–water partition coefficient (Wildman–Crippen LogP) is 3.85. The van der Waals surface area contributed by atoms with Crippen LogP contribution in [0.5, 0.6) is 0 Å². The van der Waals surface area contributed by atoms with Crippen molar-refractivity contribution >= 4 is 33.7 Å². The first-order chi connectivity index (χ1) is 9.06. The van der Waals surface area contributed by atoms with Crippen molar-refractivity contribution in [3.63, 3.8) is 0 Å². The molecule has 0 radical (unpaired) electrons. The van der Waals surface area contributed by atoms with Gasteiger partial charge in [-0.3, -0.25) is 14.9 Å². The Kier molecular flexibility index (Phi) is 3.91. The Morgan fingerprint density at radius 3 is 2.74 bits per heavy atom. The van der Waals surface area contributed by atoms with Crippen LogP contribution in [0.2, 0.25) is 0 Å². The summed E-state index contributed by atoms with van der Waals surface area (Å²) in [6, 6.07) is 9.82. The second-order valence-electron chi connectivity index (χ2n) is 3.65. The molecular formula is C13H8BrNO4. The molecule has 96 valence electrons. The molecule has 1 heterocycles. The Hall–Kier alpha value is -2.21. The van der Waals surface area contributed by atoms with E-state index in [1.807, 2.05) is 24.3 Å². The van der Waals surface area contributed by atoms with Gasteiger partial charge in [0.2, 0.25) is 5.78 Å². The van der Waals surface area contributed by atoms with Gasteiger partial charge in [0.15, 0.2) is 5.76 Å². The molecule has 0 amide bonds. The van der Waals surface area contributed by atoms with Crippen molar-refractivity contribution in [3.8, 4) is 0 Å². The first kappa shape index (κ1) is 13.2.